The quantitative estimate of drug-likeness (QED) is 0.906. The Labute approximate surface area is 136 Å². The van der Waals surface area contributed by atoms with Crippen molar-refractivity contribution in [3.63, 3.8) is 0 Å². The zero-order chi connectivity index (χ0) is 16.2. The van der Waals surface area contributed by atoms with E-state index in [-0.39, 0.29) is 17.9 Å². The molecule has 2 amide bonds. The van der Waals surface area contributed by atoms with Crippen molar-refractivity contribution < 1.29 is 9.18 Å². The number of nitrogens with one attached hydrogen (secondary N) is 1. The Morgan fingerprint density at radius 1 is 1.17 bits per heavy atom. The highest BCUT2D eigenvalue weighted by atomic mass is 19.1. The highest BCUT2D eigenvalue weighted by molar-refractivity contribution is 5.75. The van der Waals surface area contributed by atoms with Gasteiger partial charge in [0, 0.05) is 13.1 Å². The monoisotopic (exact) mass is 312 g/mol. The zero-order valence-electron chi connectivity index (χ0n) is 13.3. The van der Waals surface area contributed by atoms with Crippen molar-refractivity contribution in [1.82, 2.24) is 10.2 Å². The molecule has 0 aliphatic carbocycles. The van der Waals surface area contributed by atoms with Crippen LogP contribution in [0.2, 0.25) is 0 Å². The van der Waals surface area contributed by atoms with E-state index >= 15 is 0 Å². The average Bonchev–Trinajstić information content (AvgIpc) is 3.04. The SMILES string of the molecule is Cc1ccc(C2CCCN2C(=O)NCc2ccc(F)cc2)cc1. The Hall–Kier alpha value is -2.36. The minimum absolute atomic E-state index is 0.0580. The van der Waals surface area contributed by atoms with Crippen LogP contribution in [0, 0.1) is 12.7 Å². The second-order valence-electron chi connectivity index (χ2n) is 6.05. The topological polar surface area (TPSA) is 32.3 Å². The first kappa shape index (κ1) is 15.5. The fourth-order valence-corrected chi connectivity index (χ4v) is 3.03. The number of urea groups is 1. The standard InChI is InChI=1S/C19H21FN2O/c1-14-4-8-16(9-5-14)18-3-2-12-22(18)19(23)21-13-15-6-10-17(20)11-7-15/h4-11,18H,2-3,12-13H2,1H3,(H,21,23). The Balaban J connectivity index is 1.63. The number of aryl methyl sites for hydroxylation is 1. The largest absolute Gasteiger partial charge is 0.334 e. The Kier molecular flexibility index (Phi) is 4.60. The van der Waals surface area contributed by atoms with Gasteiger partial charge in [0.2, 0.25) is 0 Å². The van der Waals surface area contributed by atoms with Crippen LogP contribution in [0.3, 0.4) is 0 Å². The lowest BCUT2D eigenvalue weighted by molar-refractivity contribution is 0.192. The van der Waals surface area contributed by atoms with Gasteiger partial charge in [-0.15, -0.1) is 0 Å². The molecule has 120 valence electrons. The third-order valence-electron chi connectivity index (χ3n) is 4.33. The summed E-state index contributed by atoms with van der Waals surface area (Å²) >= 11 is 0. The van der Waals surface area contributed by atoms with E-state index in [0.29, 0.717) is 6.54 Å². The first-order valence-corrected chi connectivity index (χ1v) is 7.99. The summed E-state index contributed by atoms with van der Waals surface area (Å²) in [6.45, 7) is 3.25. The maximum Gasteiger partial charge on any atom is 0.318 e. The van der Waals surface area contributed by atoms with Crippen LogP contribution < -0.4 is 5.32 Å². The molecule has 1 atom stereocenters. The van der Waals surface area contributed by atoms with Crippen molar-refractivity contribution >= 4 is 6.03 Å². The van der Waals surface area contributed by atoms with E-state index < -0.39 is 0 Å². The molecule has 1 fully saturated rings. The van der Waals surface area contributed by atoms with Crippen LogP contribution in [0.15, 0.2) is 48.5 Å². The van der Waals surface area contributed by atoms with Crippen molar-refractivity contribution in [3.8, 4) is 0 Å². The van der Waals surface area contributed by atoms with Gasteiger partial charge in [0.15, 0.2) is 0 Å². The van der Waals surface area contributed by atoms with Gasteiger partial charge in [0.25, 0.3) is 0 Å². The van der Waals surface area contributed by atoms with Crippen molar-refractivity contribution in [3.05, 3.63) is 71.0 Å². The highest BCUT2D eigenvalue weighted by Crippen LogP contribution is 2.31. The molecule has 4 heteroatoms. The molecule has 1 aliphatic rings. The van der Waals surface area contributed by atoms with E-state index in [1.165, 1.54) is 23.3 Å². The number of carbonyl (C=O) groups is 1. The van der Waals surface area contributed by atoms with E-state index in [9.17, 15) is 9.18 Å². The molecule has 1 saturated heterocycles. The first-order chi connectivity index (χ1) is 11.1. The molecule has 2 aromatic carbocycles. The van der Waals surface area contributed by atoms with Crippen LogP contribution in [0.25, 0.3) is 0 Å². The van der Waals surface area contributed by atoms with Gasteiger partial charge >= 0.3 is 6.03 Å². The molecule has 0 saturated carbocycles. The van der Waals surface area contributed by atoms with E-state index in [2.05, 4.69) is 36.5 Å². The van der Waals surface area contributed by atoms with Crippen LogP contribution in [0.1, 0.15) is 35.6 Å². The number of nitrogens with zero attached hydrogens (tertiary/aromatic N) is 1. The first-order valence-electron chi connectivity index (χ1n) is 7.99. The van der Waals surface area contributed by atoms with E-state index in [4.69, 9.17) is 0 Å². The number of hydrogen-bond donors (Lipinski definition) is 1. The molecule has 3 nitrogen and oxygen atoms in total. The predicted octanol–water partition coefficient (Wildman–Crippen LogP) is 4.18. The second-order valence-corrected chi connectivity index (χ2v) is 6.05. The van der Waals surface area contributed by atoms with Gasteiger partial charge in [-0.05, 0) is 43.0 Å². The van der Waals surface area contributed by atoms with Crippen LogP contribution in [0.5, 0.6) is 0 Å². The maximum atomic E-state index is 12.9. The summed E-state index contributed by atoms with van der Waals surface area (Å²) in [5.41, 5.74) is 3.30. The lowest BCUT2D eigenvalue weighted by Crippen LogP contribution is -2.39. The Bertz CT molecular complexity index is 667. The number of benzene rings is 2. The average molecular weight is 312 g/mol. The summed E-state index contributed by atoms with van der Waals surface area (Å²) in [5, 5.41) is 2.94. The highest BCUT2D eigenvalue weighted by Gasteiger charge is 2.29. The Morgan fingerprint density at radius 2 is 1.87 bits per heavy atom. The minimum Gasteiger partial charge on any atom is -0.334 e. The summed E-state index contributed by atoms with van der Waals surface area (Å²) in [5.74, 6) is -0.265. The van der Waals surface area contributed by atoms with Gasteiger partial charge in [-0.2, -0.15) is 0 Å². The predicted molar refractivity (Wildman–Crippen MR) is 88.5 cm³/mol. The molecule has 3 rings (SSSR count). The fourth-order valence-electron chi connectivity index (χ4n) is 3.03. The van der Waals surface area contributed by atoms with E-state index in [0.717, 1.165) is 24.9 Å². The third kappa shape index (κ3) is 3.70. The van der Waals surface area contributed by atoms with Gasteiger partial charge in [0.05, 0.1) is 6.04 Å². The molecule has 0 aromatic heterocycles. The molecular formula is C19H21FN2O. The normalized spacial score (nSPS) is 17.3. The van der Waals surface area contributed by atoms with Gasteiger partial charge in [-0.3, -0.25) is 0 Å². The van der Waals surface area contributed by atoms with Crippen molar-refractivity contribution in [1.29, 1.82) is 0 Å². The molecule has 1 heterocycles. The lowest BCUT2D eigenvalue weighted by Gasteiger charge is -2.25. The molecular weight excluding hydrogens is 291 g/mol. The smallest absolute Gasteiger partial charge is 0.318 e. The molecule has 1 aliphatic heterocycles. The number of amides is 2. The molecule has 0 bridgehead atoms. The minimum atomic E-state index is -0.265. The Morgan fingerprint density at radius 3 is 2.57 bits per heavy atom. The zero-order valence-corrected chi connectivity index (χ0v) is 13.3. The molecule has 0 spiro atoms. The second kappa shape index (κ2) is 6.82. The van der Waals surface area contributed by atoms with Crippen molar-refractivity contribution in [2.75, 3.05) is 6.54 Å². The maximum absolute atomic E-state index is 12.9. The molecule has 1 unspecified atom stereocenters. The van der Waals surface area contributed by atoms with Gasteiger partial charge in [0.1, 0.15) is 5.82 Å². The summed E-state index contributed by atoms with van der Waals surface area (Å²) < 4.78 is 12.9. The number of carbonyl (C=O) groups excluding carboxylic acids is 1. The van der Waals surface area contributed by atoms with Gasteiger partial charge < -0.3 is 10.2 Å². The van der Waals surface area contributed by atoms with Gasteiger partial charge in [-0.25, -0.2) is 9.18 Å². The van der Waals surface area contributed by atoms with Crippen molar-refractivity contribution in [2.45, 2.75) is 32.4 Å². The number of rotatable bonds is 3. The number of hydrogen-bond acceptors (Lipinski definition) is 1. The summed E-state index contributed by atoms with van der Waals surface area (Å²) in [7, 11) is 0. The summed E-state index contributed by atoms with van der Waals surface area (Å²) in [6, 6.07) is 14.7. The van der Waals surface area contributed by atoms with Crippen molar-refractivity contribution in [2.24, 2.45) is 0 Å². The molecule has 0 radical (unpaired) electrons. The summed E-state index contributed by atoms with van der Waals surface area (Å²) in [4.78, 5) is 14.4. The lowest BCUT2D eigenvalue weighted by atomic mass is 10.0. The van der Waals surface area contributed by atoms with Crippen LogP contribution in [-0.2, 0) is 6.54 Å². The molecule has 2 aromatic rings. The van der Waals surface area contributed by atoms with E-state index in [1.54, 1.807) is 12.1 Å². The number of halogens is 1. The number of likely N-dealkylation sites (tertiary alicyclic amines) is 1. The van der Waals surface area contributed by atoms with Crippen LogP contribution >= 0.6 is 0 Å². The van der Waals surface area contributed by atoms with Crippen LogP contribution in [-0.4, -0.2) is 17.5 Å². The fraction of sp³-hybridized carbons (Fsp3) is 0.316. The summed E-state index contributed by atoms with van der Waals surface area (Å²) in [6.07, 6.45) is 2.01. The third-order valence-corrected chi connectivity index (χ3v) is 4.33. The molecule has 1 N–H and O–H groups in total. The van der Waals surface area contributed by atoms with Gasteiger partial charge in [-0.1, -0.05) is 42.0 Å². The van der Waals surface area contributed by atoms with Crippen LogP contribution in [0.4, 0.5) is 9.18 Å². The molecule has 23 heavy (non-hydrogen) atoms. The van der Waals surface area contributed by atoms with E-state index in [1.807, 2.05) is 4.90 Å².